The number of aryl methyl sites for hydroxylation is 2. The van der Waals surface area contributed by atoms with Gasteiger partial charge in [0, 0.05) is 38.4 Å². The summed E-state index contributed by atoms with van der Waals surface area (Å²) in [7, 11) is 3.75. The molecule has 2 N–H and O–H groups in total. The Morgan fingerprint density at radius 2 is 1.97 bits per heavy atom. The van der Waals surface area contributed by atoms with Crippen molar-refractivity contribution in [2.24, 2.45) is 12.0 Å². The van der Waals surface area contributed by atoms with Crippen LogP contribution >= 0.6 is 35.6 Å². The Kier molecular flexibility index (Phi) is 12.3. The number of aliphatic imine (C=N–C) groups is 1. The van der Waals surface area contributed by atoms with Crippen LogP contribution < -0.4 is 10.6 Å². The molecule has 1 heterocycles. The minimum absolute atomic E-state index is 0. The first kappa shape index (κ1) is 25.7. The zero-order chi connectivity index (χ0) is 20.4. The average molecular weight is 533 g/mol. The van der Waals surface area contributed by atoms with Crippen molar-refractivity contribution < 1.29 is 0 Å². The van der Waals surface area contributed by atoms with Gasteiger partial charge in [-0.2, -0.15) is 5.10 Å². The summed E-state index contributed by atoms with van der Waals surface area (Å²) in [5.74, 6) is 0.815. The lowest BCUT2D eigenvalue weighted by atomic mass is 10.0. The number of hydrogen-bond donors (Lipinski definition) is 2. The van der Waals surface area contributed by atoms with Crippen molar-refractivity contribution in [1.29, 1.82) is 0 Å². The molecule has 0 fully saturated rings. The van der Waals surface area contributed by atoms with Gasteiger partial charge in [-0.15, -0.1) is 24.0 Å². The zero-order valence-electron chi connectivity index (χ0n) is 17.9. The van der Waals surface area contributed by atoms with Crippen molar-refractivity contribution in [2.75, 3.05) is 33.2 Å². The zero-order valence-corrected chi connectivity index (χ0v) is 20.9. The molecule has 0 saturated heterocycles. The fraction of sp³-hybridized carbons (Fsp3) is 0.524. The molecule has 29 heavy (non-hydrogen) atoms. The van der Waals surface area contributed by atoms with Gasteiger partial charge in [-0.25, -0.2) is 0 Å². The van der Waals surface area contributed by atoms with Gasteiger partial charge in [-0.1, -0.05) is 43.6 Å². The molecule has 0 radical (unpaired) electrons. The molecule has 2 rings (SSSR count). The van der Waals surface area contributed by atoms with Crippen LogP contribution in [-0.4, -0.2) is 53.9 Å². The van der Waals surface area contributed by atoms with Crippen LogP contribution in [0.3, 0.4) is 0 Å². The third-order valence-corrected chi connectivity index (χ3v) is 5.24. The highest BCUT2D eigenvalue weighted by molar-refractivity contribution is 14.0. The number of guanidine groups is 1. The van der Waals surface area contributed by atoms with Gasteiger partial charge < -0.3 is 10.6 Å². The van der Waals surface area contributed by atoms with E-state index in [1.807, 2.05) is 36.1 Å². The van der Waals surface area contributed by atoms with E-state index in [0.717, 1.165) is 55.6 Å². The highest BCUT2D eigenvalue weighted by Gasteiger charge is 2.20. The number of likely N-dealkylation sites (N-methyl/N-ethyl adjacent to an activating group) is 1. The molecule has 0 aliphatic carbocycles. The van der Waals surface area contributed by atoms with E-state index in [2.05, 4.69) is 51.7 Å². The van der Waals surface area contributed by atoms with Gasteiger partial charge in [-0.05, 0) is 43.1 Å². The first-order chi connectivity index (χ1) is 13.6. The summed E-state index contributed by atoms with van der Waals surface area (Å²) in [5.41, 5.74) is 2.40. The van der Waals surface area contributed by atoms with Crippen molar-refractivity contribution in [3.63, 3.8) is 0 Å². The minimum atomic E-state index is 0. The molecule has 0 bridgehead atoms. The molecule has 0 aliphatic heterocycles. The number of nitrogens with zero attached hydrogens (tertiary/aromatic N) is 4. The van der Waals surface area contributed by atoms with Crippen LogP contribution in [0.15, 0.2) is 41.7 Å². The van der Waals surface area contributed by atoms with Crippen molar-refractivity contribution in [1.82, 2.24) is 25.3 Å². The monoisotopic (exact) mass is 532 g/mol. The summed E-state index contributed by atoms with van der Waals surface area (Å²) in [6.45, 7) is 7.89. The second kappa shape index (κ2) is 13.8. The Morgan fingerprint density at radius 1 is 1.24 bits per heavy atom. The van der Waals surface area contributed by atoms with Crippen molar-refractivity contribution >= 4 is 41.5 Å². The smallest absolute Gasteiger partial charge is 0.191 e. The van der Waals surface area contributed by atoms with Crippen molar-refractivity contribution in [3.8, 4) is 0 Å². The molecule has 2 aromatic rings. The molecule has 1 unspecified atom stereocenters. The van der Waals surface area contributed by atoms with Crippen LogP contribution in [0.2, 0.25) is 5.02 Å². The molecule has 0 spiro atoms. The first-order valence-corrected chi connectivity index (χ1v) is 10.4. The lowest BCUT2D eigenvalue weighted by Crippen LogP contribution is -2.43. The normalized spacial score (nSPS) is 12.6. The number of aromatic nitrogens is 2. The van der Waals surface area contributed by atoms with Gasteiger partial charge in [0.25, 0.3) is 0 Å². The summed E-state index contributed by atoms with van der Waals surface area (Å²) in [5, 5.41) is 11.9. The van der Waals surface area contributed by atoms with E-state index in [4.69, 9.17) is 11.6 Å². The summed E-state index contributed by atoms with van der Waals surface area (Å²) < 4.78 is 1.84. The summed E-state index contributed by atoms with van der Waals surface area (Å²) in [6, 6.07) is 8.28. The van der Waals surface area contributed by atoms with Crippen LogP contribution in [0.1, 0.15) is 37.4 Å². The summed E-state index contributed by atoms with van der Waals surface area (Å²) >= 11 is 6.48. The predicted molar refractivity (Wildman–Crippen MR) is 133 cm³/mol. The number of benzene rings is 1. The Morgan fingerprint density at radius 3 is 2.55 bits per heavy atom. The maximum absolute atomic E-state index is 6.48. The summed E-state index contributed by atoms with van der Waals surface area (Å²) in [4.78, 5) is 6.77. The van der Waals surface area contributed by atoms with E-state index in [0.29, 0.717) is 0 Å². The van der Waals surface area contributed by atoms with E-state index in [9.17, 15) is 0 Å². The van der Waals surface area contributed by atoms with E-state index >= 15 is 0 Å². The van der Waals surface area contributed by atoms with Gasteiger partial charge in [0.15, 0.2) is 5.96 Å². The lowest BCUT2D eigenvalue weighted by molar-refractivity contribution is 0.219. The largest absolute Gasteiger partial charge is 0.356 e. The van der Waals surface area contributed by atoms with E-state index < -0.39 is 0 Å². The first-order valence-electron chi connectivity index (χ1n) is 9.99. The summed E-state index contributed by atoms with van der Waals surface area (Å²) in [6.07, 6.45) is 6.01. The topological polar surface area (TPSA) is 57.5 Å². The minimum Gasteiger partial charge on any atom is -0.356 e. The van der Waals surface area contributed by atoms with Crippen LogP contribution in [-0.2, 0) is 13.5 Å². The highest BCUT2D eigenvalue weighted by atomic mass is 127. The third kappa shape index (κ3) is 8.14. The van der Waals surface area contributed by atoms with Gasteiger partial charge >= 0.3 is 0 Å². The third-order valence-electron chi connectivity index (χ3n) is 4.90. The molecule has 8 heteroatoms. The number of nitrogens with one attached hydrogen (secondary N) is 2. The standard InChI is InChI=1S/C21H33ClN6.HI/c1-5-28(6-2)20(18-11-7-8-12-19(18)22)15-25-21(23-3)24-13-9-10-17-14-26-27(4)16-17;/h7-8,11-12,14,16,20H,5-6,9-10,13,15H2,1-4H3,(H2,23,24,25);1H. The van der Waals surface area contributed by atoms with E-state index in [1.165, 1.54) is 5.56 Å². The second-order valence-electron chi connectivity index (χ2n) is 6.76. The Labute approximate surface area is 197 Å². The fourth-order valence-electron chi connectivity index (χ4n) is 3.36. The molecular formula is C21H34ClIN6. The molecule has 1 aromatic carbocycles. The lowest BCUT2D eigenvalue weighted by Gasteiger charge is -2.31. The van der Waals surface area contributed by atoms with Crippen LogP contribution in [0.25, 0.3) is 0 Å². The Hall–Kier alpha value is -1.32. The molecule has 0 saturated carbocycles. The average Bonchev–Trinajstić information content (AvgIpc) is 3.12. The highest BCUT2D eigenvalue weighted by Crippen LogP contribution is 2.26. The van der Waals surface area contributed by atoms with E-state index in [1.54, 1.807) is 7.05 Å². The van der Waals surface area contributed by atoms with Gasteiger partial charge in [0.2, 0.25) is 0 Å². The van der Waals surface area contributed by atoms with Crippen molar-refractivity contribution in [3.05, 3.63) is 52.8 Å². The fourth-order valence-corrected chi connectivity index (χ4v) is 3.62. The SMILES string of the molecule is CCN(CC)C(CNC(=NC)NCCCc1cnn(C)c1)c1ccccc1Cl.I. The molecular weight excluding hydrogens is 499 g/mol. The van der Waals surface area contributed by atoms with Crippen LogP contribution in [0.4, 0.5) is 0 Å². The number of hydrogen-bond acceptors (Lipinski definition) is 3. The molecule has 162 valence electrons. The molecule has 1 atom stereocenters. The number of rotatable bonds is 10. The predicted octanol–water partition coefficient (Wildman–Crippen LogP) is 3.87. The Bertz CT molecular complexity index is 744. The molecule has 0 aliphatic rings. The van der Waals surface area contributed by atoms with Crippen molar-refractivity contribution in [2.45, 2.75) is 32.7 Å². The Balaban J connectivity index is 0.00000420. The van der Waals surface area contributed by atoms with Gasteiger partial charge in [-0.3, -0.25) is 14.6 Å². The molecule has 1 aromatic heterocycles. The molecule has 6 nitrogen and oxygen atoms in total. The maximum atomic E-state index is 6.48. The van der Waals surface area contributed by atoms with Gasteiger partial charge in [0.1, 0.15) is 0 Å². The van der Waals surface area contributed by atoms with Crippen LogP contribution in [0.5, 0.6) is 0 Å². The second-order valence-corrected chi connectivity index (χ2v) is 7.17. The number of halogens is 2. The molecule has 0 amide bonds. The van der Waals surface area contributed by atoms with E-state index in [-0.39, 0.29) is 30.0 Å². The quantitative estimate of drug-likeness (QED) is 0.211. The van der Waals surface area contributed by atoms with Crippen LogP contribution in [0, 0.1) is 0 Å². The van der Waals surface area contributed by atoms with Gasteiger partial charge in [0.05, 0.1) is 12.2 Å². The maximum Gasteiger partial charge on any atom is 0.191 e.